The molecule has 178 valence electrons. The van der Waals surface area contributed by atoms with E-state index in [4.69, 9.17) is 9.47 Å². The molecule has 11 heteroatoms. The average Bonchev–Trinajstić information content (AvgIpc) is 3.35. The summed E-state index contributed by atoms with van der Waals surface area (Å²) in [4.78, 5) is 27.1. The molecule has 3 aromatic rings. The number of methoxy groups -OCH3 is 2. The Morgan fingerprint density at radius 2 is 1.97 bits per heavy atom. The molecule has 2 aromatic carbocycles. The monoisotopic (exact) mass is 485 g/mol. The van der Waals surface area contributed by atoms with Gasteiger partial charge in [0, 0.05) is 30.8 Å². The second-order valence-corrected chi connectivity index (χ2v) is 8.70. The summed E-state index contributed by atoms with van der Waals surface area (Å²) in [7, 11) is 3.09. The molecular formula is C23H24FN5O4S. The molecule has 1 saturated heterocycles. The smallest absolute Gasteiger partial charge is 0.321 e. The fourth-order valence-electron chi connectivity index (χ4n) is 3.70. The number of carbonyl (C=O) groups excluding carboxylic acids is 2. The standard InChI is InChI=1S/C23H24FN5O4S/c1-32-17-8-9-18(19(12-17)33-2)26-23(31)29-10-4-5-14(13-29)21-27-28-22(34-21)20(30)25-16-7-3-6-15(24)11-16/h3,6-9,11-12,14H,4-5,10,13H2,1-2H3,(H,25,30)(H,26,31)/t14-/m0/s1. The van der Waals surface area contributed by atoms with Crippen molar-refractivity contribution in [3.63, 3.8) is 0 Å². The van der Waals surface area contributed by atoms with Crippen LogP contribution in [0.25, 0.3) is 0 Å². The van der Waals surface area contributed by atoms with Crippen LogP contribution in [-0.4, -0.2) is 54.3 Å². The van der Waals surface area contributed by atoms with Crippen molar-refractivity contribution < 1.29 is 23.5 Å². The van der Waals surface area contributed by atoms with Gasteiger partial charge in [-0.15, -0.1) is 10.2 Å². The molecule has 0 bridgehead atoms. The Kier molecular flexibility index (Phi) is 7.21. The predicted octanol–water partition coefficient (Wildman–Crippen LogP) is 4.36. The molecular weight excluding hydrogens is 461 g/mol. The molecule has 1 aliphatic rings. The van der Waals surface area contributed by atoms with E-state index in [1.54, 1.807) is 36.3 Å². The third-order valence-electron chi connectivity index (χ3n) is 5.43. The number of carbonyl (C=O) groups is 2. The number of nitrogens with zero attached hydrogens (tertiary/aromatic N) is 3. The van der Waals surface area contributed by atoms with E-state index in [9.17, 15) is 14.0 Å². The zero-order chi connectivity index (χ0) is 24.1. The highest BCUT2D eigenvalue weighted by molar-refractivity contribution is 7.13. The summed E-state index contributed by atoms with van der Waals surface area (Å²) in [5, 5.41) is 14.6. The van der Waals surface area contributed by atoms with Gasteiger partial charge in [0.25, 0.3) is 5.91 Å². The molecule has 1 aliphatic heterocycles. The van der Waals surface area contributed by atoms with Crippen molar-refractivity contribution in [3.8, 4) is 11.5 Å². The van der Waals surface area contributed by atoms with Crippen molar-refractivity contribution in [2.45, 2.75) is 18.8 Å². The predicted molar refractivity (Wildman–Crippen MR) is 126 cm³/mol. The zero-order valence-electron chi connectivity index (χ0n) is 18.7. The first-order valence-corrected chi connectivity index (χ1v) is 11.5. The number of likely N-dealkylation sites (tertiary alicyclic amines) is 1. The maximum absolute atomic E-state index is 13.4. The fraction of sp³-hybridized carbons (Fsp3) is 0.304. The highest BCUT2D eigenvalue weighted by Gasteiger charge is 2.28. The Bertz CT molecular complexity index is 1190. The molecule has 0 aliphatic carbocycles. The lowest BCUT2D eigenvalue weighted by atomic mass is 9.99. The number of hydrogen-bond acceptors (Lipinski definition) is 7. The first kappa shape index (κ1) is 23.4. The Morgan fingerprint density at radius 3 is 2.74 bits per heavy atom. The number of nitrogens with one attached hydrogen (secondary N) is 2. The molecule has 1 fully saturated rings. The summed E-state index contributed by atoms with van der Waals surface area (Å²) in [6, 6.07) is 10.6. The maximum Gasteiger partial charge on any atom is 0.321 e. The Hall–Kier alpha value is -3.73. The number of piperidine rings is 1. The van der Waals surface area contributed by atoms with Crippen LogP contribution in [0.3, 0.4) is 0 Å². The number of aromatic nitrogens is 2. The summed E-state index contributed by atoms with van der Waals surface area (Å²) >= 11 is 1.18. The van der Waals surface area contributed by atoms with Gasteiger partial charge in [0.2, 0.25) is 5.01 Å². The van der Waals surface area contributed by atoms with Crippen molar-refractivity contribution in [3.05, 3.63) is 58.3 Å². The molecule has 2 heterocycles. The number of anilines is 2. The van der Waals surface area contributed by atoms with Crippen LogP contribution in [0.2, 0.25) is 0 Å². The molecule has 4 rings (SSSR count). The van der Waals surface area contributed by atoms with E-state index >= 15 is 0 Å². The number of ether oxygens (including phenoxy) is 2. The highest BCUT2D eigenvalue weighted by Crippen LogP contribution is 2.32. The Morgan fingerprint density at radius 1 is 1.12 bits per heavy atom. The summed E-state index contributed by atoms with van der Waals surface area (Å²) in [5.41, 5.74) is 0.888. The molecule has 9 nitrogen and oxygen atoms in total. The lowest BCUT2D eigenvalue weighted by Crippen LogP contribution is -2.41. The van der Waals surface area contributed by atoms with E-state index in [0.717, 1.165) is 12.8 Å². The lowest BCUT2D eigenvalue weighted by molar-refractivity contribution is 0.102. The minimum Gasteiger partial charge on any atom is -0.497 e. The van der Waals surface area contributed by atoms with Crippen LogP contribution in [0.1, 0.15) is 33.6 Å². The Labute approximate surface area is 199 Å². The minimum atomic E-state index is -0.452. The average molecular weight is 486 g/mol. The number of benzene rings is 2. The molecule has 0 radical (unpaired) electrons. The van der Waals surface area contributed by atoms with E-state index in [0.29, 0.717) is 41.0 Å². The van der Waals surface area contributed by atoms with Crippen LogP contribution >= 0.6 is 11.3 Å². The van der Waals surface area contributed by atoms with E-state index in [2.05, 4.69) is 20.8 Å². The van der Waals surface area contributed by atoms with Crippen LogP contribution in [0.4, 0.5) is 20.6 Å². The summed E-state index contributed by atoms with van der Waals surface area (Å²) < 4.78 is 23.9. The van der Waals surface area contributed by atoms with Gasteiger partial charge in [-0.05, 0) is 43.2 Å². The van der Waals surface area contributed by atoms with Gasteiger partial charge < -0.3 is 25.0 Å². The number of hydrogen-bond donors (Lipinski definition) is 2. The van der Waals surface area contributed by atoms with E-state index in [-0.39, 0.29) is 17.0 Å². The van der Waals surface area contributed by atoms with Gasteiger partial charge in [0.1, 0.15) is 22.3 Å². The van der Waals surface area contributed by atoms with Crippen molar-refractivity contribution >= 4 is 34.6 Å². The van der Waals surface area contributed by atoms with Gasteiger partial charge in [-0.25, -0.2) is 9.18 Å². The number of rotatable bonds is 6. The maximum atomic E-state index is 13.4. The van der Waals surface area contributed by atoms with Crippen molar-refractivity contribution in [2.75, 3.05) is 37.9 Å². The van der Waals surface area contributed by atoms with E-state index in [1.165, 1.54) is 36.6 Å². The van der Waals surface area contributed by atoms with Gasteiger partial charge in [-0.2, -0.15) is 0 Å². The van der Waals surface area contributed by atoms with Gasteiger partial charge in [-0.1, -0.05) is 17.4 Å². The third kappa shape index (κ3) is 5.42. The third-order valence-corrected chi connectivity index (χ3v) is 6.51. The van der Waals surface area contributed by atoms with Crippen LogP contribution in [-0.2, 0) is 0 Å². The van der Waals surface area contributed by atoms with Gasteiger partial charge in [0.15, 0.2) is 0 Å². The number of urea groups is 1. The summed E-state index contributed by atoms with van der Waals surface area (Å²) in [6.07, 6.45) is 1.62. The first-order valence-electron chi connectivity index (χ1n) is 10.6. The van der Waals surface area contributed by atoms with Crippen LogP contribution in [0, 0.1) is 5.82 Å². The second kappa shape index (κ2) is 10.5. The van der Waals surface area contributed by atoms with Crippen molar-refractivity contribution in [2.24, 2.45) is 0 Å². The van der Waals surface area contributed by atoms with Crippen LogP contribution in [0.5, 0.6) is 11.5 Å². The number of amides is 3. The molecule has 3 amide bonds. The molecule has 1 atom stereocenters. The topological polar surface area (TPSA) is 106 Å². The van der Waals surface area contributed by atoms with Gasteiger partial charge >= 0.3 is 6.03 Å². The molecule has 1 aromatic heterocycles. The van der Waals surface area contributed by atoms with Crippen molar-refractivity contribution in [1.29, 1.82) is 0 Å². The largest absolute Gasteiger partial charge is 0.497 e. The molecule has 0 unspecified atom stereocenters. The summed E-state index contributed by atoms with van der Waals surface area (Å²) in [5.74, 6) is 0.196. The Balaban J connectivity index is 1.40. The van der Waals surface area contributed by atoms with Gasteiger partial charge in [0.05, 0.1) is 19.9 Å². The van der Waals surface area contributed by atoms with Gasteiger partial charge in [-0.3, -0.25) is 4.79 Å². The van der Waals surface area contributed by atoms with Crippen molar-refractivity contribution in [1.82, 2.24) is 15.1 Å². The second-order valence-electron chi connectivity index (χ2n) is 7.69. The fourth-order valence-corrected chi connectivity index (χ4v) is 4.57. The summed E-state index contributed by atoms with van der Waals surface area (Å²) in [6.45, 7) is 1.05. The molecule has 0 saturated carbocycles. The van der Waals surface area contributed by atoms with E-state index < -0.39 is 11.7 Å². The van der Waals surface area contributed by atoms with Crippen LogP contribution < -0.4 is 20.1 Å². The zero-order valence-corrected chi connectivity index (χ0v) is 19.5. The number of halogens is 1. The lowest BCUT2D eigenvalue weighted by Gasteiger charge is -2.31. The van der Waals surface area contributed by atoms with E-state index in [1.807, 2.05) is 0 Å². The molecule has 0 spiro atoms. The van der Waals surface area contributed by atoms with Crippen LogP contribution in [0.15, 0.2) is 42.5 Å². The SMILES string of the molecule is COc1ccc(NC(=O)N2CCC[C@H](c3nnc(C(=O)Nc4cccc(F)c4)s3)C2)c(OC)c1. The minimum absolute atomic E-state index is 0.0366. The first-order chi connectivity index (χ1) is 16.5. The quantitative estimate of drug-likeness (QED) is 0.538. The molecule has 34 heavy (non-hydrogen) atoms. The highest BCUT2D eigenvalue weighted by atomic mass is 32.1. The normalized spacial score (nSPS) is 15.5. The molecule has 2 N–H and O–H groups in total.